The fraction of sp³-hybridized carbons (Fsp3) is 0.318. The molecule has 0 aliphatic heterocycles. The minimum absolute atomic E-state index is 0.515. The monoisotopic (exact) mass is 353 g/mol. The molecule has 0 fully saturated rings. The zero-order chi connectivity index (χ0) is 18.9. The van der Waals surface area contributed by atoms with Gasteiger partial charge in [-0.15, -0.1) is 0 Å². The summed E-state index contributed by atoms with van der Waals surface area (Å²) in [4.78, 5) is 4.81. The third-order valence-corrected chi connectivity index (χ3v) is 4.00. The highest BCUT2D eigenvalue weighted by molar-refractivity contribution is 5.98. The summed E-state index contributed by atoms with van der Waals surface area (Å²) in [5.74, 6) is 1.77. The van der Waals surface area contributed by atoms with Crippen LogP contribution in [0.15, 0.2) is 53.7 Å². The number of allylic oxidation sites excluding steroid dienone is 1. The lowest BCUT2D eigenvalue weighted by atomic mass is 10.1. The van der Waals surface area contributed by atoms with E-state index in [-0.39, 0.29) is 0 Å². The summed E-state index contributed by atoms with van der Waals surface area (Å²) in [6.07, 6.45) is 3.96. The topological polar surface area (TPSA) is 40.0 Å². The number of hydrogen-bond donors (Lipinski definition) is 0. The zero-order valence-electron chi connectivity index (χ0n) is 16.2. The summed E-state index contributed by atoms with van der Waals surface area (Å²) in [6, 6.07) is 12.2. The van der Waals surface area contributed by atoms with Crippen molar-refractivity contribution in [2.75, 3.05) is 13.7 Å². The molecule has 4 heteroatoms. The van der Waals surface area contributed by atoms with Crippen LogP contribution in [0.5, 0.6) is 11.5 Å². The second-order valence-electron chi connectivity index (χ2n) is 6.11. The molecule has 0 aliphatic carbocycles. The highest BCUT2D eigenvalue weighted by Gasteiger charge is 2.08. The highest BCUT2D eigenvalue weighted by Crippen LogP contribution is 2.29. The Morgan fingerprint density at radius 1 is 1.04 bits per heavy atom. The van der Waals surface area contributed by atoms with E-state index in [1.54, 1.807) is 7.11 Å². The van der Waals surface area contributed by atoms with Crippen molar-refractivity contribution < 1.29 is 14.3 Å². The molecule has 0 saturated carbocycles. The maximum Gasteiger partial charge on any atom is 0.125 e. The molecule has 0 bridgehead atoms. The average molecular weight is 353 g/mol. The SMILES string of the molecule is C/C=C/COc1cc(C)c(OCc2ccc(/C(C)=N\OC)cc2)c(C)c1. The maximum absolute atomic E-state index is 6.06. The molecule has 2 aromatic carbocycles. The summed E-state index contributed by atoms with van der Waals surface area (Å²) in [7, 11) is 1.55. The number of aryl methyl sites for hydroxylation is 2. The van der Waals surface area contributed by atoms with Crippen LogP contribution in [-0.4, -0.2) is 19.4 Å². The molecule has 0 unspecified atom stereocenters. The number of nitrogens with zero attached hydrogens (tertiary/aromatic N) is 1. The van der Waals surface area contributed by atoms with E-state index < -0.39 is 0 Å². The Morgan fingerprint density at radius 2 is 1.69 bits per heavy atom. The quantitative estimate of drug-likeness (QED) is 0.372. The van der Waals surface area contributed by atoms with Crippen LogP contribution in [0, 0.1) is 13.8 Å². The Hall–Kier alpha value is -2.75. The molecule has 138 valence electrons. The molecule has 26 heavy (non-hydrogen) atoms. The van der Waals surface area contributed by atoms with Gasteiger partial charge in [-0.2, -0.15) is 0 Å². The van der Waals surface area contributed by atoms with E-state index in [4.69, 9.17) is 14.3 Å². The predicted octanol–water partition coefficient (Wildman–Crippen LogP) is 5.21. The molecule has 2 aromatic rings. The number of hydrogen-bond acceptors (Lipinski definition) is 4. The molecule has 0 heterocycles. The molecule has 0 aliphatic rings. The molecule has 0 atom stereocenters. The van der Waals surface area contributed by atoms with E-state index in [1.807, 2.05) is 76.2 Å². The van der Waals surface area contributed by atoms with E-state index in [9.17, 15) is 0 Å². The van der Waals surface area contributed by atoms with Gasteiger partial charge in [-0.25, -0.2) is 0 Å². The molecular weight excluding hydrogens is 326 g/mol. The first-order valence-electron chi connectivity index (χ1n) is 8.70. The molecular formula is C22H27NO3. The van der Waals surface area contributed by atoms with Crippen LogP contribution in [0.2, 0.25) is 0 Å². The maximum atomic E-state index is 6.06. The van der Waals surface area contributed by atoms with Crippen molar-refractivity contribution in [2.24, 2.45) is 5.16 Å². The van der Waals surface area contributed by atoms with Gasteiger partial charge in [-0.05, 0) is 62.1 Å². The van der Waals surface area contributed by atoms with Gasteiger partial charge in [0, 0.05) is 0 Å². The third-order valence-electron chi connectivity index (χ3n) is 4.00. The highest BCUT2D eigenvalue weighted by atomic mass is 16.6. The molecule has 0 N–H and O–H groups in total. The van der Waals surface area contributed by atoms with Crippen LogP contribution in [0.3, 0.4) is 0 Å². The van der Waals surface area contributed by atoms with Crippen molar-refractivity contribution in [2.45, 2.75) is 34.3 Å². The Bertz CT molecular complexity index is 753. The first-order valence-corrected chi connectivity index (χ1v) is 8.70. The first-order chi connectivity index (χ1) is 12.5. The Balaban J connectivity index is 2.04. The van der Waals surface area contributed by atoms with E-state index in [2.05, 4.69) is 5.16 Å². The molecule has 0 saturated heterocycles. The molecule has 0 aromatic heterocycles. The number of oxime groups is 1. The summed E-state index contributed by atoms with van der Waals surface area (Å²) in [5.41, 5.74) is 5.12. The minimum atomic E-state index is 0.515. The van der Waals surface area contributed by atoms with Gasteiger partial charge in [0.1, 0.15) is 31.8 Å². The third kappa shape index (κ3) is 5.38. The van der Waals surface area contributed by atoms with Gasteiger partial charge in [0.05, 0.1) is 5.71 Å². The lowest BCUT2D eigenvalue weighted by Gasteiger charge is -2.14. The van der Waals surface area contributed by atoms with Crippen molar-refractivity contribution in [1.29, 1.82) is 0 Å². The van der Waals surface area contributed by atoms with E-state index in [0.717, 1.165) is 39.5 Å². The molecule has 4 nitrogen and oxygen atoms in total. The van der Waals surface area contributed by atoms with Crippen LogP contribution in [0.1, 0.15) is 36.1 Å². The van der Waals surface area contributed by atoms with Crippen molar-refractivity contribution >= 4 is 5.71 Å². The van der Waals surface area contributed by atoms with Gasteiger partial charge in [0.2, 0.25) is 0 Å². The summed E-state index contributed by atoms with van der Waals surface area (Å²) in [6.45, 7) is 9.07. The molecule has 2 rings (SSSR count). The van der Waals surface area contributed by atoms with Gasteiger partial charge in [0.25, 0.3) is 0 Å². The second-order valence-corrected chi connectivity index (χ2v) is 6.11. The lowest BCUT2D eigenvalue weighted by molar-refractivity contribution is 0.213. The first kappa shape index (κ1) is 19.6. The minimum Gasteiger partial charge on any atom is -0.490 e. The van der Waals surface area contributed by atoms with Crippen LogP contribution >= 0.6 is 0 Å². The van der Waals surface area contributed by atoms with Gasteiger partial charge < -0.3 is 14.3 Å². The van der Waals surface area contributed by atoms with E-state index in [0.29, 0.717) is 13.2 Å². The average Bonchev–Trinajstić information content (AvgIpc) is 2.62. The van der Waals surface area contributed by atoms with Gasteiger partial charge in [0.15, 0.2) is 0 Å². The van der Waals surface area contributed by atoms with Gasteiger partial charge in [-0.1, -0.05) is 41.6 Å². The largest absolute Gasteiger partial charge is 0.490 e. The van der Waals surface area contributed by atoms with Crippen molar-refractivity contribution in [3.05, 3.63) is 70.8 Å². The summed E-state index contributed by atoms with van der Waals surface area (Å²) in [5, 5.41) is 3.95. The van der Waals surface area contributed by atoms with Crippen LogP contribution in [-0.2, 0) is 11.4 Å². The van der Waals surface area contributed by atoms with Crippen molar-refractivity contribution in [1.82, 2.24) is 0 Å². The van der Waals surface area contributed by atoms with Crippen LogP contribution < -0.4 is 9.47 Å². The number of benzene rings is 2. The standard InChI is InChI=1S/C22H27NO3/c1-6-7-12-25-21-13-16(2)22(17(3)14-21)26-15-19-8-10-20(11-9-19)18(4)23-24-5/h6-11,13-14H,12,15H2,1-5H3/b7-6+,23-18-. The van der Waals surface area contributed by atoms with Crippen molar-refractivity contribution in [3.63, 3.8) is 0 Å². The normalized spacial score (nSPS) is 11.7. The summed E-state index contributed by atoms with van der Waals surface area (Å²) < 4.78 is 11.8. The molecule has 0 amide bonds. The van der Waals surface area contributed by atoms with Crippen LogP contribution in [0.4, 0.5) is 0 Å². The Kier molecular flexibility index (Phi) is 7.27. The lowest BCUT2D eigenvalue weighted by Crippen LogP contribution is -2.02. The number of rotatable bonds is 8. The fourth-order valence-corrected chi connectivity index (χ4v) is 2.65. The Labute approximate surface area is 156 Å². The Morgan fingerprint density at radius 3 is 2.27 bits per heavy atom. The smallest absolute Gasteiger partial charge is 0.125 e. The zero-order valence-corrected chi connectivity index (χ0v) is 16.2. The fourth-order valence-electron chi connectivity index (χ4n) is 2.65. The number of ether oxygens (including phenoxy) is 2. The molecule has 0 radical (unpaired) electrons. The predicted molar refractivity (Wildman–Crippen MR) is 106 cm³/mol. The van der Waals surface area contributed by atoms with E-state index in [1.165, 1.54) is 0 Å². The van der Waals surface area contributed by atoms with E-state index >= 15 is 0 Å². The van der Waals surface area contributed by atoms with Crippen LogP contribution in [0.25, 0.3) is 0 Å². The molecule has 0 spiro atoms. The van der Waals surface area contributed by atoms with Gasteiger partial charge >= 0.3 is 0 Å². The van der Waals surface area contributed by atoms with Gasteiger partial charge in [-0.3, -0.25) is 0 Å². The van der Waals surface area contributed by atoms with Crippen molar-refractivity contribution in [3.8, 4) is 11.5 Å². The summed E-state index contributed by atoms with van der Waals surface area (Å²) >= 11 is 0. The second kappa shape index (κ2) is 9.66.